The number of Topliss-reactive ketones (excluding diaryl/α,β-unsaturated/α-hetero) is 1. The molecule has 0 unspecified atom stereocenters. The maximum absolute atomic E-state index is 11.0. The Morgan fingerprint density at radius 3 is 1.92 bits per heavy atom. The maximum Gasteiger partial charge on any atom is 0.194 e. The van der Waals surface area contributed by atoms with Crippen LogP contribution in [0.1, 0.15) is 6.92 Å². The lowest BCUT2D eigenvalue weighted by Crippen LogP contribution is -2.45. The van der Waals surface area contributed by atoms with Crippen molar-refractivity contribution in [3.8, 4) is 0 Å². The summed E-state index contributed by atoms with van der Waals surface area (Å²) in [6.45, 7) is 0.375. The molecule has 6 heteroatoms. The molecule has 4 atom stereocenters. The topological polar surface area (TPSA) is 118 Å². The van der Waals surface area contributed by atoms with E-state index in [9.17, 15) is 4.79 Å². The quantitative estimate of drug-likeness (QED) is 0.318. The normalized spacial score (nSPS) is 20.5. The van der Waals surface area contributed by atoms with Crippen LogP contribution in [0.25, 0.3) is 0 Å². The van der Waals surface area contributed by atoms with Gasteiger partial charge in [-0.25, -0.2) is 0 Å². The van der Waals surface area contributed by atoms with E-state index in [0.29, 0.717) is 0 Å². The molecule has 0 rings (SSSR count). The van der Waals surface area contributed by atoms with Crippen molar-refractivity contribution in [1.29, 1.82) is 0 Å². The molecule has 0 bridgehead atoms. The molecule has 0 aliphatic carbocycles. The number of hydrogen-bond donors (Lipinski definition) is 5. The van der Waals surface area contributed by atoms with Crippen LogP contribution in [0.15, 0.2) is 0 Å². The standard InChI is InChI=1S/C7H14O6/c1-3(9)5(11)7(13)6(12)4(10)2-8/h3-6,8-12H,2H2,1H3/t3-,4-,5+,6+/m1/s1. The number of aliphatic hydroxyl groups is 5. The Hall–Kier alpha value is -0.530. The fraction of sp³-hybridized carbons (Fsp3) is 0.857. The second-order valence-corrected chi connectivity index (χ2v) is 2.78. The van der Waals surface area contributed by atoms with Gasteiger partial charge in [0.2, 0.25) is 0 Å². The number of aliphatic hydroxyl groups excluding tert-OH is 5. The lowest BCUT2D eigenvalue weighted by atomic mass is 10.0. The largest absolute Gasteiger partial charge is 0.394 e. The summed E-state index contributed by atoms with van der Waals surface area (Å²) in [5.74, 6) is -1.11. The Morgan fingerprint density at radius 1 is 1.15 bits per heavy atom. The molecule has 0 saturated heterocycles. The third-order valence-electron chi connectivity index (χ3n) is 1.59. The predicted molar refractivity (Wildman–Crippen MR) is 41.8 cm³/mol. The lowest BCUT2D eigenvalue weighted by Gasteiger charge is -2.19. The summed E-state index contributed by atoms with van der Waals surface area (Å²) in [6, 6.07) is 0. The minimum atomic E-state index is -1.88. The first-order valence-corrected chi connectivity index (χ1v) is 3.78. The van der Waals surface area contributed by atoms with Gasteiger partial charge in [-0.05, 0) is 6.92 Å². The van der Waals surface area contributed by atoms with Crippen molar-refractivity contribution >= 4 is 5.78 Å². The Balaban J connectivity index is 4.25. The van der Waals surface area contributed by atoms with Crippen LogP contribution < -0.4 is 0 Å². The molecular weight excluding hydrogens is 180 g/mol. The van der Waals surface area contributed by atoms with Gasteiger partial charge in [-0.15, -0.1) is 0 Å². The van der Waals surface area contributed by atoms with Crippen molar-refractivity contribution in [1.82, 2.24) is 0 Å². The molecule has 0 aromatic heterocycles. The van der Waals surface area contributed by atoms with Gasteiger partial charge in [0, 0.05) is 0 Å². The molecule has 0 fully saturated rings. The average molecular weight is 194 g/mol. The van der Waals surface area contributed by atoms with E-state index in [1.54, 1.807) is 0 Å². The van der Waals surface area contributed by atoms with Crippen LogP contribution in [0.5, 0.6) is 0 Å². The second kappa shape index (κ2) is 5.25. The summed E-state index contributed by atoms with van der Waals surface area (Å²) in [6.07, 6.45) is -6.60. The van der Waals surface area contributed by atoms with Gasteiger partial charge in [0.1, 0.15) is 18.3 Å². The molecule has 0 amide bonds. The molecule has 0 radical (unpaired) electrons. The average Bonchev–Trinajstić information content (AvgIpc) is 2.12. The summed E-state index contributed by atoms with van der Waals surface area (Å²) in [4.78, 5) is 11.0. The van der Waals surface area contributed by atoms with E-state index in [1.165, 1.54) is 6.92 Å². The Bertz CT molecular complexity index is 168. The molecule has 0 aliphatic heterocycles. The molecule has 13 heavy (non-hydrogen) atoms. The van der Waals surface area contributed by atoms with Crippen LogP contribution in [0.3, 0.4) is 0 Å². The van der Waals surface area contributed by atoms with Crippen molar-refractivity contribution < 1.29 is 30.3 Å². The first kappa shape index (κ1) is 12.5. The van der Waals surface area contributed by atoms with E-state index < -0.39 is 36.8 Å². The van der Waals surface area contributed by atoms with E-state index in [-0.39, 0.29) is 0 Å². The van der Waals surface area contributed by atoms with Gasteiger partial charge in [-0.1, -0.05) is 0 Å². The molecule has 0 saturated carbocycles. The first-order chi connectivity index (χ1) is 5.91. The number of hydrogen-bond acceptors (Lipinski definition) is 6. The highest BCUT2D eigenvalue weighted by Crippen LogP contribution is 2.02. The molecule has 5 N–H and O–H groups in total. The maximum atomic E-state index is 11.0. The van der Waals surface area contributed by atoms with Crippen LogP contribution in [0.4, 0.5) is 0 Å². The van der Waals surface area contributed by atoms with Crippen molar-refractivity contribution in [2.75, 3.05) is 6.61 Å². The van der Waals surface area contributed by atoms with Crippen LogP contribution in [-0.4, -0.2) is 62.3 Å². The van der Waals surface area contributed by atoms with Crippen LogP contribution in [0, 0.1) is 0 Å². The monoisotopic (exact) mass is 194 g/mol. The third-order valence-corrected chi connectivity index (χ3v) is 1.59. The third kappa shape index (κ3) is 3.37. The van der Waals surface area contributed by atoms with E-state index >= 15 is 0 Å². The Morgan fingerprint density at radius 2 is 1.62 bits per heavy atom. The van der Waals surface area contributed by atoms with Gasteiger partial charge in [0.05, 0.1) is 12.7 Å². The summed E-state index contributed by atoms with van der Waals surface area (Å²) >= 11 is 0. The Kier molecular flexibility index (Phi) is 5.04. The van der Waals surface area contributed by atoms with Gasteiger partial charge in [-0.3, -0.25) is 4.79 Å². The number of carbonyl (C=O) groups excluding carboxylic acids is 1. The van der Waals surface area contributed by atoms with Crippen LogP contribution >= 0.6 is 0 Å². The zero-order valence-electron chi connectivity index (χ0n) is 7.16. The molecule has 0 aliphatic rings. The predicted octanol–water partition coefficient (Wildman–Crippen LogP) is -2.99. The SMILES string of the molecule is C[C@@H](O)[C@H](O)C(=O)[C@@H](O)[C@H](O)CO. The highest BCUT2D eigenvalue weighted by atomic mass is 16.4. The molecule has 0 aromatic carbocycles. The second-order valence-electron chi connectivity index (χ2n) is 2.78. The van der Waals surface area contributed by atoms with E-state index in [4.69, 9.17) is 25.5 Å². The summed E-state index contributed by atoms with van der Waals surface area (Å²) in [5.41, 5.74) is 0. The zero-order chi connectivity index (χ0) is 10.6. The van der Waals surface area contributed by atoms with E-state index in [0.717, 1.165) is 0 Å². The minimum Gasteiger partial charge on any atom is -0.394 e. The number of ketones is 1. The summed E-state index contributed by atoms with van der Waals surface area (Å²) < 4.78 is 0. The first-order valence-electron chi connectivity index (χ1n) is 3.78. The van der Waals surface area contributed by atoms with Gasteiger partial charge in [0.25, 0.3) is 0 Å². The minimum absolute atomic E-state index is 0.792. The van der Waals surface area contributed by atoms with Crippen molar-refractivity contribution in [3.05, 3.63) is 0 Å². The smallest absolute Gasteiger partial charge is 0.194 e. The van der Waals surface area contributed by atoms with Gasteiger partial charge >= 0.3 is 0 Å². The molecular formula is C7H14O6. The summed E-state index contributed by atoms with van der Waals surface area (Å²) in [7, 11) is 0. The van der Waals surface area contributed by atoms with E-state index in [1.807, 2.05) is 0 Å². The molecule has 6 nitrogen and oxygen atoms in total. The highest BCUT2D eigenvalue weighted by Gasteiger charge is 2.31. The molecule has 0 heterocycles. The van der Waals surface area contributed by atoms with Gasteiger partial charge in [-0.2, -0.15) is 0 Å². The van der Waals surface area contributed by atoms with Crippen LogP contribution in [0.2, 0.25) is 0 Å². The number of rotatable bonds is 5. The number of carbonyl (C=O) groups is 1. The van der Waals surface area contributed by atoms with E-state index in [2.05, 4.69) is 0 Å². The summed E-state index contributed by atoms with van der Waals surface area (Å²) in [5, 5.41) is 43.9. The van der Waals surface area contributed by atoms with Crippen molar-refractivity contribution in [2.45, 2.75) is 31.3 Å². The van der Waals surface area contributed by atoms with Gasteiger partial charge < -0.3 is 25.5 Å². The van der Waals surface area contributed by atoms with Gasteiger partial charge in [0.15, 0.2) is 5.78 Å². The fourth-order valence-electron chi connectivity index (χ4n) is 0.702. The van der Waals surface area contributed by atoms with Crippen LogP contribution in [-0.2, 0) is 4.79 Å². The lowest BCUT2D eigenvalue weighted by molar-refractivity contribution is -0.148. The van der Waals surface area contributed by atoms with Crippen molar-refractivity contribution in [2.24, 2.45) is 0 Å². The fourth-order valence-corrected chi connectivity index (χ4v) is 0.702. The molecule has 78 valence electrons. The zero-order valence-corrected chi connectivity index (χ0v) is 7.16. The van der Waals surface area contributed by atoms with Crippen molar-refractivity contribution in [3.63, 3.8) is 0 Å². The molecule has 0 spiro atoms. The Labute approximate surface area is 75.1 Å². The highest BCUT2D eigenvalue weighted by molar-refractivity contribution is 5.87. The molecule has 0 aromatic rings.